The molecular weight excluding hydrogens is 360 g/mol. The van der Waals surface area contributed by atoms with E-state index in [9.17, 15) is 4.79 Å². The number of carbonyl (C=O) groups is 1. The Bertz CT molecular complexity index is 858. The molecule has 2 aromatic carbocycles. The molecule has 0 aliphatic carbocycles. The number of rotatable bonds is 6. The minimum atomic E-state index is -0.0244. The van der Waals surface area contributed by atoms with Gasteiger partial charge >= 0.3 is 0 Å². The van der Waals surface area contributed by atoms with Gasteiger partial charge in [0.1, 0.15) is 11.5 Å². The molecule has 140 valence electrons. The van der Waals surface area contributed by atoms with Gasteiger partial charge in [0.2, 0.25) is 0 Å². The highest BCUT2D eigenvalue weighted by Gasteiger charge is 2.32. The van der Waals surface area contributed by atoms with Crippen molar-refractivity contribution in [3.05, 3.63) is 59.0 Å². The minimum Gasteiger partial charge on any atom is -0.497 e. The topological polar surface area (TPSA) is 51.1 Å². The second-order valence-electron chi connectivity index (χ2n) is 5.75. The summed E-state index contributed by atoms with van der Waals surface area (Å²) in [6.45, 7) is 5.10. The van der Waals surface area contributed by atoms with Crippen LogP contribution < -0.4 is 9.47 Å². The van der Waals surface area contributed by atoms with Crippen LogP contribution in [-0.2, 0) is 4.79 Å². The summed E-state index contributed by atoms with van der Waals surface area (Å²) in [4.78, 5) is 19.7. The molecule has 1 aliphatic heterocycles. The third-order valence-corrected chi connectivity index (χ3v) is 5.00. The fourth-order valence-corrected chi connectivity index (χ4v) is 3.68. The maximum absolute atomic E-state index is 12.7. The summed E-state index contributed by atoms with van der Waals surface area (Å²) in [6.07, 6.45) is 1.89. The molecule has 27 heavy (non-hydrogen) atoms. The first kappa shape index (κ1) is 19.0. The van der Waals surface area contributed by atoms with E-state index in [0.717, 1.165) is 22.7 Å². The van der Waals surface area contributed by atoms with Crippen LogP contribution in [0.4, 0.5) is 5.69 Å². The number of hydrogen-bond acceptors (Lipinski definition) is 5. The maximum Gasteiger partial charge on any atom is 0.266 e. The van der Waals surface area contributed by atoms with Crippen LogP contribution in [0.5, 0.6) is 11.5 Å². The van der Waals surface area contributed by atoms with Crippen molar-refractivity contribution >= 4 is 34.6 Å². The van der Waals surface area contributed by atoms with Crippen molar-refractivity contribution in [3.8, 4) is 11.5 Å². The quantitative estimate of drug-likeness (QED) is 0.679. The van der Waals surface area contributed by atoms with Crippen molar-refractivity contribution in [1.82, 2.24) is 4.90 Å². The van der Waals surface area contributed by atoms with E-state index < -0.39 is 0 Å². The number of ether oxygens (including phenoxy) is 2. The highest BCUT2D eigenvalue weighted by molar-refractivity contribution is 8.18. The van der Waals surface area contributed by atoms with E-state index in [2.05, 4.69) is 4.99 Å². The molecule has 1 fully saturated rings. The van der Waals surface area contributed by atoms with E-state index >= 15 is 0 Å². The summed E-state index contributed by atoms with van der Waals surface area (Å²) in [5.41, 5.74) is 1.74. The molecule has 3 rings (SSSR count). The second-order valence-corrected chi connectivity index (χ2v) is 6.76. The van der Waals surface area contributed by atoms with Crippen molar-refractivity contribution in [2.24, 2.45) is 4.99 Å². The van der Waals surface area contributed by atoms with Crippen molar-refractivity contribution in [2.45, 2.75) is 13.8 Å². The number of amidine groups is 1. The van der Waals surface area contributed by atoms with E-state index in [-0.39, 0.29) is 5.91 Å². The zero-order chi connectivity index (χ0) is 19.2. The number of methoxy groups -OCH3 is 1. The Morgan fingerprint density at radius 1 is 1.04 bits per heavy atom. The van der Waals surface area contributed by atoms with Gasteiger partial charge in [-0.3, -0.25) is 9.69 Å². The number of likely N-dealkylation sites (N-methyl/N-ethyl adjacent to an activating group) is 1. The highest BCUT2D eigenvalue weighted by Crippen LogP contribution is 2.34. The molecular formula is C21H22N2O3S. The molecule has 1 aliphatic rings. The zero-order valence-electron chi connectivity index (χ0n) is 15.6. The van der Waals surface area contributed by atoms with Gasteiger partial charge in [0.15, 0.2) is 5.17 Å². The Hall–Kier alpha value is -2.73. The first-order chi connectivity index (χ1) is 13.1. The first-order valence-electron chi connectivity index (χ1n) is 8.81. The number of amides is 1. The number of carbonyl (C=O) groups excluding carboxylic acids is 1. The fourth-order valence-electron chi connectivity index (χ4n) is 2.62. The number of thioether (sulfide) groups is 1. The summed E-state index contributed by atoms with van der Waals surface area (Å²) < 4.78 is 10.6. The molecule has 6 heteroatoms. The van der Waals surface area contributed by atoms with Crippen LogP contribution in [0.15, 0.2) is 58.4 Å². The van der Waals surface area contributed by atoms with Gasteiger partial charge in [-0.25, -0.2) is 4.99 Å². The number of benzene rings is 2. The minimum absolute atomic E-state index is 0.0244. The number of aliphatic imine (C=N–C) groups is 1. The third kappa shape index (κ3) is 4.52. The lowest BCUT2D eigenvalue weighted by atomic mass is 10.2. The molecule has 0 unspecified atom stereocenters. The largest absolute Gasteiger partial charge is 0.497 e. The Labute approximate surface area is 163 Å². The van der Waals surface area contributed by atoms with E-state index in [1.54, 1.807) is 12.0 Å². The molecule has 0 atom stereocenters. The summed E-state index contributed by atoms with van der Waals surface area (Å²) in [6, 6.07) is 15.2. The van der Waals surface area contributed by atoms with Crippen molar-refractivity contribution < 1.29 is 14.3 Å². The van der Waals surface area contributed by atoms with Crippen LogP contribution in [0.1, 0.15) is 19.4 Å². The van der Waals surface area contributed by atoms with Crippen LogP contribution in [0, 0.1) is 0 Å². The lowest BCUT2D eigenvalue weighted by molar-refractivity contribution is -0.122. The molecule has 0 radical (unpaired) electrons. The SMILES string of the molecule is CCOc1ccc(/C=C2/SC(=Nc3ccc(OC)cc3)N(CC)C2=O)cc1. The van der Waals surface area contributed by atoms with Gasteiger partial charge in [-0.1, -0.05) is 12.1 Å². The van der Waals surface area contributed by atoms with Crippen LogP contribution in [0.2, 0.25) is 0 Å². The number of nitrogens with zero attached hydrogens (tertiary/aromatic N) is 2. The van der Waals surface area contributed by atoms with Crippen LogP contribution >= 0.6 is 11.8 Å². The summed E-state index contributed by atoms with van der Waals surface area (Å²) in [5.74, 6) is 1.57. The molecule has 0 spiro atoms. The van der Waals surface area contributed by atoms with Crippen LogP contribution in [0.3, 0.4) is 0 Å². The molecule has 0 N–H and O–H groups in total. The van der Waals surface area contributed by atoms with Gasteiger partial charge in [0.25, 0.3) is 5.91 Å². The average Bonchev–Trinajstić information content (AvgIpc) is 2.98. The predicted octanol–water partition coefficient (Wildman–Crippen LogP) is 4.72. The van der Waals surface area contributed by atoms with E-state index in [1.807, 2.05) is 68.5 Å². The predicted molar refractivity (Wildman–Crippen MR) is 111 cm³/mol. The van der Waals surface area contributed by atoms with Crippen molar-refractivity contribution in [3.63, 3.8) is 0 Å². The molecule has 0 aromatic heterocycles. The van der Waals surface area contributed by atoms with Gasteiger partial charge in [-0.2, -0.15) is 0 Å². The lowest BCUT2D eigenvalue weighted by Gasteiger charge is -2.12. The van der Waals surface area contributed by atoms with Gasteiger partial charge in [0, 0.05) is 6.54 Å². The summed E-state index contributed by atoms with van der Waals surface area (Å²) in [7, 11) is 1.63. The summed E-state index contributed by atoms with van der Waals surface area (Å²) >= 11 is 1.39. The molecule has 1 saturated heterocycles. The Balaban J connectivity index is 1.83. The zero-order valence-corrected chi connectivity index (χ0v) is 16.5. The highest BCUT2D eigenvalue weighted by atomic mass is 32.2. The Morgan fingerprint density at radius 3 is 2.30 bits per heavy atom. The maximum atomic E-state index is 12.7. The monoisotopic (exact) mass is 382 g/mol. The molecule has 1 amide bonds. The van der Waals surface area contributed by atoms with E-state index in [1.165, 1.54) is 11.8 Å². The fraction of sp³-hybridized carbons (Fsp3) is 0.238. The third-order valence-electron chi connectivity index (χ3n) is 3.99. The van der Waals surface area contributed by atoms with Crippen LogP contribution in [-0.4, -0.2) is 36.2 Å². The smallest absolute Gasteiger partial charge is 0.266 e. The van der Waals surface area contributed by atoms with Crippen molar-refractivity contribution in [1.29, 1.82) is 0 Å². The van der Waals surface area contributed by atoms with Gasteiger partial charge in [-0.15, -0.1) is 0 Å². The van der Waals surface area contributed by atoms with Crippen LogP contribution in [0.25, 0.3) is 6.08 Å². The molecule has 0 saturated carbocycles. The van der Waals surface area contributed by atoms with E-state index in [4.69, 9.17) is 9.47 Å². The van der Waals surface area contributed by atoms with Gasteiger partial charge in [0.05, 0.1) is 24.3 Å². The average molecular weight is 382 g/mol. The second kappa shape index (κ2) is 8.77. The number of hydrogen-bond donors (Lipinski definition) is 0. The van der Waals surface area contributed by atoms with Gasteiger partial charge in [-0.05, 0) is 73.6 Å². The van der Waals surface area contributed by atoms with Crippen molar-refractivity contribution in [2.75, 3.05) is 20.3 Å². The standard InChI is InChI=1S/C21H22N2O3S/c1-4-23-20(24)19(14-15-6-10-18(11-7-15)26-5-2)27-21(23)22-16-8-12-17(25-3)13-9-16/h6-14H,4-5H2,1-3H3/b19-14+,22-21?. The summed E-state index contributed by atoms with van der Waals surface area (Å²) in [5, 5.41) is 0.685. The Morgan fingerprint density at radius 2 is 1.70 bits per heavy atom. The van der Waals surface area contributed by atoms with E-state index in [0.29, 0.717) is 23.2 Å². The molecule has 5 nitrogen and oxygen atoms in total. The normalized spacial score (nSPS) is 17.0. The lowest BCUT2D eigenvalue weighted by Crippen LogP contribution is -2.28. The molecule has 0 bridgehead atoms. The molecule has 1 heterocycles. The first-order valence-corrected chi connectivity index (χ1v) is 9.63. The molecule has 2 aromatic rings. The Kier molecular flexibility index (Phi) is 6.19. The van der Waals surface area contributed by atoms with Gasteiger partial charge < -0.3 is 9.47 Å².